The topological polar surface area (TPSA) is 67.3 Å². The van der Waals surface area contributed by atoms with E-state index in [0.717, 1.165) is 25.3 Å². The summed E-state index contributed by atoms with van der Waals surface area (Å²) in [5, 5.41) is 5.53. The molecule has 0 aromatic carbocycles. The van der Waals surface area contributed by atoms with Gasteiger partial charge in [0, 0.05) is 17.6 Å². The van der Waals surface area contributed by atoms with Crippen molar-refractivity contribution >= 4 is 22.4 Å². The Morgan fingerprint density at radius 2 is 2.12 bits per heavy atom. The lowest BCUT2D eigenvalue weighted by molar-refractivity contribution is -0.115. The van der Waals surface area contributed by atoms with Crippen LogP contribution in [-0.2, 0) is 17.8 Å². The molecule has 1 N–H and O–H groups in total. The smallest absolute Gasteiger partial charge is 0.232 e. The molecule has 0 spiro atoms. The van der Waals surface area contributed by atoms with E-state index in [1.165, 1.54) is 30.6 Å². The summed E-state index contributed by atoms with van der Waals surface area (Å²) in [6.45, 7) is 3.15. The summed E-state index contributed by atoms with van der Waals surface area (Å²) in [5.41, 5.74) is 1.73. The van der Waals surface area contributed by atoms with Gasteiger partial charge in [0.25, 0.3) is 0 Å². The molecular formula is C17H22N4O2S. The molecule has 1 aliphatic rings. The minimum absolute atomic E-state index is 0.105. The second kappa shape index (κ2) is 8.21. The van der Waals surface area contributed by atoms with Crippen molar-refractivity contribution in [2.45, 2.75) is 32.2 Å². The van der Waals surface area contributed by atoms with E-state index in [2.05, 4.69) is 20.2 Å². The van der Waals surface area contributed by atoms with E-state index in [1.807, 2.05) is 5.38 Å². The molecule has 3 heterocycles. The Labute approximate surface area is 145 Å². The molecule has 3 rings (SSSR count). The number of nitrogens with one attached hydrogen (secondary N) is 1. The van der Waals surface area contributed by atoms with Gasteiger partial charge < -0.3 is 10.1 Å². The third-order valence-electron chi connectivity index (χ3n) is 4.01. The summed E-state index contributed by atoms with van der Waals surface area (Å²) in [6.07, 6.45) is 5.70. The van der Waals surface area contributed by atoms with Gasteiger partial charge in [-0.15, -0.1) is 11.3 Å². The number of pyridine rings is 1. The van der Waals surface area contributed by atoms with Crippen molar-refractivity contribution in [3.63, 3.8) is 0 Å². The fourth-order valence-corrected chi connectivity index (χ4v) is 3.47. The maximum Gasteiger partial charge on any atom is 0.232 e. The second-order valence-electron chi connectivity index (χ2n) is 5.90. The van der Waals surface area contributed by atoms with Crippen molar-refractivity contribution in [1.29, 1.82) is 0 Å². The Balaban J connectivity index is 1.50. The highest BCUT2D eigenvalue weighted by Gasteiger charge is 2.13. The van der Waals surface area contributed by atoms with E-state index in [4.69, 9.17) is 4.74 Å². The number of piperidine rings is 1. The fourth-order valence-electron chi connectivity index (χ4n) is 2.75. The molecule has 0 saturated carbocycles. The third kappa shape index (κ3) is 4.75. The van der Waals surface area contributed by atoms with Crippen LogP contribution in [0.4, 0.5) is 5.13 Å². The number of nitrogens with zero attached hydrogens (tertiary/aromatic N) is 3. The molecule has 128 valence electrons. The van der Waals surface area contributed by atoms with E-state index < -0.39 is 0 Å². The Hall–Kier alpha value is -1.99. The number of hydrogen-bond acceptors (Lipinski definition) is 6. The van der Waals surface area contributed by atoms with Crippen molar-refractivity contribution in [2.75, 3.05) is 25.5 Å². The van der Waals surface area contributed by atoms with Crippen LogP contribution in [0, 0.1) is 0 Å². The van der Waals surface area contributed by atoms with Gasteiger partial charge in [0.1, 0.15) is 5.75 Å². The number of methoxy groups -OCH3 is 1. The zero-order valence-electron chi connectivity index (χ0n) is 13.8. The van der Waals surface area contributed by atoms with E-state index in [0.29, 0.717) is 16.6 Å². The summed E-state index contributed by atoms with van der Waals surface area (Å²) in [4.78, 5) is 23.3. The van der Waals surface area contributed by atoms with Crippen LogP contribution >= 0.6 is 11.3 Å². The van der Waals surface area contributed by atoms with Crippen LogP contribution in [0.5, 0.6) is 5.75 Å². The van der Waals surface area contributed by atoms with Gasteiger partial charge in [0.2, 0.25) is 5.91 Å². The van der Waals surface area contributed by atoms with E-state index in [9.17, 15) is 4.79 Å². The maximum absolute atomic E-state index is 12.1. The number of anilines is 1. The normalized spacial score (nSPS) is 15.2. The Morgan fingerprint density at radius 3 is 2.83 bits per heavy atom. The summed E-state index contributed by atoms with van der Waals surface area (Å²) in [7, 11) is 1.59. The van der Waals surface area contributed by atoms with E-state index >= 15 is 0 Å². The molecule has 2 aromatic rings. The van der Waals surface area contributed by atoms with Crippen LogP contribution in [0.1, 0.15) is 30.7 Å². The number of carbonyl (C=O) groups excluding carboxylic acids is 1. The number of likely N-dealkylation sites (tertiary alicyclic amines) is 1. The average Bonchev–Trinajstić information content (AvgIpc) is 3.03. The Kier molecular flexibility index (Phi) is 5.77. The van der Waals surface area contributed by atoms with Gasteiger partial charge in [0.15, 0.2) is 5.13 Å². The van der Waals surface area contributed by atoms with Gasteiger partial charge in [0.05, 0.1) is 25.4 Å². The monoisotopic (exact) mass is 346 g/mol. The van der Waals surface area contributed by atoms with Gasteiger partial charge >= 0.3 is 0 Å². The van der Waals surface area contributed by atoms with Crippen LogP contribution < -0.4 is 10.1 Å². The zero-order chi connectivity index (χ0) is 16.8. The molecule has 24 heavy (non-hydrogen) atoms. The Bertz CT molecular complexity index is 665. The number of rotatable bonds is 6. The lowest BCUT2D eigenvalue weighted by Gasteiger charge is -2.25. The maximum atomic E-state index is 12.1. The molecule has 6 nitrogen and oxygen atoms in total. The highest BCUT2D eigenvalue weighted by atomic mass is 32.1. The lowest BCUT2D eigenvalue weighted by Crippen LogP contribution is -2.29. The van der Waals surface area contributed by atoms with Crippen molar-refractivity contribution < 1.29 is 9.53 Å². The molecular weight excluding hydrogens is 324 g/mol. The number of amides is 1. The summed E-state index contributed by atoms with van der Waals surface area (Å²) in [6, 6.07) is 3.60. The number of carbonyl (C=O) groups is 1. The van der Waals surface area contributed by atoms with Gasteiger partial charge in [-0.05, 0) is 38.1 Å². The van der Waals surface area contributed by atoms with Crippen LogP contribution in [0.15, 0.2) is 23.7 Å². The summed E-state index contributed by atoms with van der Waals surface area (Å²) < 4.78 is 5.06. The highest BCUT2D eigenvalue weighted by molar-refractivity contribution is 7.13. The molecule has 1 saturated heterocycles. The van der Waals surface area contributed by atoms with Gasteiger partial charge in [-0.1, -0.05) is 6.42 Å². The molecule has 0 unspecified atom stereocenters. The van der Waals surface area contributed by atoms with Crippen LogP contribution in [0.2, 0.25) is 0 Å². The van der Waals surface area contributed by atoms with Crippen molar-refractivity contribution in [2.24, 2.45) is 0 Å². The molecule has 2 aromatic heterocycles. The Morgan fingerprint density at radius 1 is 1.29 bits per heavy atom. The van der Waals surface area contributed by atoms with Crippen LogP contribution in [-0.4, -0.2) is 41.0 Å². The molecule has 1 amide bonds. The lowest BCUT2D eigenvalue weighted by atomic mass is 10.1. The summed E-state index contributed by atoms with van der Waals surface area (Å²) >= 11 is 1.47. The van der Waals surface area contributed by atoms with Gasteiger partial charge in [-0.3, -0.25) is 14.7 Å². The minimum Gasteiger partial charge on any atom is -0.495 e. The van der Waals surface area contributed by atoms with Crippen molar-refractivity contribution in [1.82, 2.24) is 14.9 Å². The van der Waals surface area contributed by atoms with E-state index in [-0.39, 0.29) is 12.3 Å². The first-order valence-corrected chi connectivity index (χ1v) is 9.06. The minimum atomic E-state index is -0.105. The molecule has 0 aliphatic carbocycles. The van der Waals surface area contributed by atoms with Crippen LogP contribution in [0.25, 0.3) is 0 Å². The predicted octanol–water partition coefficient (Wildman–Crippen LogP) is 2.71. The van der Waals surface area contributed by atoms with Gasteiger partial charge in [-0.2, -0.15) is 0 Å². The third-order valence-corrected chi connectivity index (χ3v) is 4.81. The SMILES string of the molecule is COc1ccc(CC(=O)Nc2nc(CN3CCCCC3)cs2)nc1. The number of hydrogen-bond donors (Lipinski definition) is 1. The number of aromatic nitrogens is 2. The molecule has 0 bridgehead atoms. The van der Waals surface area contributed by atoms with E-state index in [1.54, 1.807) is 25.4 Å². The molecule has 0 radical (unpaired) electrons. The number of thiazole rings is 1. The molecule has 0 atom stereocenters. The fraction of sp³-hybridized carbons (Fsp3) is 0.471. The first kappa shape index (κ1) is 16.9. The molecule has 7 heteroatoms. The van der Waals surface area contributed by atoms with Gasteiger partial charge in [-0.25, -0.2) is 4.98 Å². The zero-order valence-corrected chi connectivity index (χ0v) is 14.6. The standard InChI is InChI=1S/C17H22N4O2S/c1-23-15-6-5-13(18-10-15)9-16(22)20-17-19-14(12-24-17)11-21-7-3-2-4-8-21/h5-6,10,12H,2-4,7-9,11H2,1H3,(H,19,20,22). The quantitative estimate of drug-likeness (QED) is 0.871. The molecule has 1 fully saturated rings. The highest BCUT2D eigenvalue weighted by Crippen LogP contribution is 2.19. The van der Waals surface area contributed by atoms with Crippen molar-refractivity contribution in [3.05, 3.63) is 35.1 Å². The second-order valence-corrected chi connectivity index (χ2v) is 6.75. The van der Waals surface area contributed by atoms with Crippen LogP contribution in [0.3, 0.4) is 0 Å². The predicted molar refractivity (Wildman–Crippen MR) is 94.4 cm³/mol. The van der Waals surface area contributed by atoms with Crippen molar-refractivity contribution in [3.8, 4) is 5.75 Å². The summed E-state index contributed by atoms with van der Waals surface area (Å²) in [5.74, 6) is 0.577. The molecule has 1 aliphatic heterocycles. The average molecular weight is 346 g/mol. The number of ether oxygens (including phenoxy) is 1. The largest absolute Gasteiger partial charge is 0.495 e. The first-order valence-electron chi connectivity index (χ1n) is 8.18. The first-order chi connectivity index (χ1) is 11.7.